The molecule has 148 valence electrons. The van der Waals surface area contributed by atoms with Crippen LogP contribution in [0.5, 0.6) is 5.75 Å². The van der Waals surface area contributed by atoms with Gasteiger partial charge in [0, 0.05) is 12.1 Å². The summed E-state index contributed by atoms with van der Waals surface area (Å²) in [6.07, 6.45) is 0. The molecule has 9 nitrogen and oxygen atoms in total. The van der Waals surface area contributed by atoms with Crippen LogP contribution >= 0.6 is 0 Å². The van der Waals surface area contributed by atoms with Gasteiger partial charge in [0.1, 0.15) is 4.90 Å². The van der Waals surface area contributed by atoms with Crippen molar-refractivity contribution in [3.05, 3.63) is 92.5 Å². The topological polar surface area (TPSA) is 130 Å². The first-order chi connectivity index (χ1) is 13.7. The summed E-state index contributed by atoms with van der Waals surface area (Å²) in [7, 11) is -4.53. The van der Waals surface area contributed by atoms with Crippen LogP contribution in [0.2, 0.25) is 0 Å². The Kier molecular flexibility index (Phi) is 5.29. The second-order valence-corrected chi connectivity index (χ2v) is 7.62. The Morgan fingerprint density at radius 2 is 1.31 bits per heavy atom. The summed E-state index contributed by atoms with van der Waals surface area (Å²) in [5, 5.41) is 23.1. The fourth-order valence-corrected chi connectivity index (χ4v) is 3.57. The molecule has 0 fully saturated rings. The van der Waals surface area contributed by atoms with Crippen LogP contribution in [0.3, 0.4) is 0 Å². The second kappa shape index (κ2) is 7.68. The van der Waals surface area contributed by atoms with Crippen molar-refractivity contribution in [3.8, 4) is 16.9 Å². The highest BCUT2D eigenvalue weighted by molar-refractivity contribution is 7.87. The largest absolute Gasteiger partial charge is 0.364 e. The summed E-state index contributed by atoms with van der Waals surface area (Å²) in [4.78, 5) is 21.0. The summed E-state index contributed by atoms with van der Waals surface area (Å²) in [6, 6.07) is 15.9. The highest BCUT2D eigenvalue weighted by Crippen LogP contribution is 2.42. The smallest absolute Gasteiger partial charge is 0.339 e. The minimum Gasteiger partial charge on any atom is -0.364 e. The zero-order chi connectivity index (χ0) is 21.2. The van der Waals surface area contributed by atoms with Gasteiger partial charge in [-0.1, -0.05) is 48.0 Å². The molecule has 0 aliphatic rings. The molecule has 0 atom stereocenters. The van der Waals surface area contributed by atoms with Gasteiger partial charge in [0.2, 0.25) is 0 Å². The molecule has 3 aromatic carbocycles. The standard InChI is InChI=1S/C19H14N2O7S/c1-13-7-9-16(10-8-13)29(26,27)28-19-17(20(22)23)11-15(12-18(19)21(24)25)14-5-3-2-4-6-14/h2-12H,1H3. The summed E-state index contributed by atoms with van der Waals surface area (Å²) in [6.45, 7) is 1.75. The van der Waals surface area contributed by atoms with Crippen LogP contribution in [-0.2, 0) is 10.1 Å². The lowest BCUT2D eigenvalue weighted by Gasteiger charge is -2.10. The van der Waals surface area contributed by atoms with Gasteiger partial charge in [-0.15, -0.1) is 0 Å². The van der Waals surface area contributed by atoms with Crippen LogP contribution in [0.4, 0.5) is 11.4 Å². The molecule has 0 heterocycles. The number of hydrogen-bond donors (Lipinski definition) is 0. The predicted molar refractivity (Wildman–Crippen MR) is 104 cm³/mol. The molecule has 10 heteroatoms. The van der Waals surface area contributed by atoms with Gasteiger partial charge in [-0.3, -0.25) is 20.2 Å². The van der Waals surface area contributed by atoms with Crippen LogP contribution in [0.25, 0.3) is 11.1 Å². The van der Waals surface area contributed by atoms with Crippen molar-refractivity contribution in [3.63, 3.8) is 0 Å². The van der Waals surface area contributed by atoms with Gasteiger partial charge in [-0.2, -0.15) is 8.42 Å². The van der Waals surface area contributed by atoms with E-state index in [-0.39, 0.29) is 10.5 Å². The lowest BCUT2D eigenvalue weighted by Crippen LogP contribution is -2.12. The Labute approximate surface area is 165 Å². The monoisotopic (exact) mass is 414 g/mol. The molecule has 0 unspecified atom stereocenters. The molecule has 3 rings (SSSR count). The number of rotatable bonds is 6. The van der Waals surface area contributed by atoms with Crippen molar-refractivity contribution >= 4 is 21.5 Å². The Morgan fingerprint density at radius 1 is 0.793 bits per heavy atom. The predicted octanol–water partition coefficient (Wildman–Crippen LogP) is 4.25. The molecular weight excluding hydrogens is 400 g/mol. The molecule has 0 saturated heterocycles. The third kappa shape index (κ3) is 4.22. The van der Waals surface area contributed by atoms with E-state index in [2.05, 4.69) is 0 Å². The van der Waals surface area contributed by atoms with Crippen molar-refractivity contribution < 1.29 is 22.4 Å². The molecule has 0 bridgehead atoms. The lowest BCUT2D eigenvalue weighted by molar-refractivity contribution is -0.395. The maximum atomic E-state index is 12.6. The molecule has 0 spiro atoms. The van der Waals surface area contributed by atoms with Crippen LogP contribution in [0, 0.1) is 27.2 Å². The minimum atomic E-state index is -4.53. The van der Waals surface area contributed by atoms with Gasteiger partial charge in [-0.25, -0.2) is 0 Å². The molecular formula is C19H14N2O7S. The van der Waals surface area contributed by atoms with Crippen LogP contribution in [-0.4, -0.2) is 18.3 Å². The van der Waals surface area contributed by atoms with E-state index in [1.165, 1.54) is 24.3 Å². The fraction of sp³-hybridized carbons (Fsp3) is 0.0526. The molecule has 0 saturated carbocycles. The van der Waals surface area contributed by atoms with Gasteiger partial charge in [-0.05, 0) is 30.2 Å². The first-order valence-corrected chi connectivity index (χ1v) is 9.63. The van der Waals surface area contributed by atoms with Crippen LogP contribution in [0.15, 0.2) is 71.6 Å². The van der Waals surface area contributed by atoms with Gasteiger partial charge in [0.05, 0.1) is 9.85 Å². The molecule has 0 aromatic heterocycles. The lowest BCUT2D eigenvalue weighted by atomic mass is 10.0. The van der Waals surface area contributed by atoms with Crippen molar-refractivity contribution in [2.75, 3.05) is 0 Å². The first kappa shape index (κ1) is 20.0. The maximum absolute atomic E-state index is 12.6. The third-order valence-corrected chi connectivity index (χ3v) is 5.29. The number of benzene rings is 3. The quantitative estimate of drug-likeness (QED) is 0.335. The van der Waals surface area contributed by atoms with Crippen molar-refractivity contribution in [1.29, 1.82) is 0 Å². The zero-order valence-electron chi connectivity index (χ0n) is 15.0. The van der Waals surface area contributed by atoms with Crippen LogP contribution in [0.1, 0.15) is 5.56 Å². The first-order valence-electron chi connectivity index (χ1n) is 8.22. The van der Waals surface area contributed by atoms with Gasteiger partial charge in [0.25, 0.3) is 5.75 Å². The summed E-state index contributed by atoms with van der Waals surface area (Å²) < 4.78 is 30.0. The molecule has 0 aliphatic heterocycles. The van der Waals surface area contributed by atoms with E-state index in [4.69, 9.17) is 4.18 Å². The molecule has 0 N–H and O–H groups in total. The van der Waals surface area contributed by atoms with E-state index >= 15 is 0 Å². The zero-order valence-corrected chi connectivity index (χ0v) is 15.8. The van der Waals surface area contributed by atoms with E-state index in [9.17, 15) is 28.6 Å². The minimum absolute atomic E-state index is 0.184. The number of aryl methyl sites for hydroxylation is 1. The average Bonchev–Trinajstić information content (AvgIpc) is 2.68. The van der Waals surface area contributed by atoms with Gasteiger partial charge < -0.3 is 4.18 Å². The van der Waals surface area contributed by atoms with Crippen LogP contribution < -0.4 is 4.18 Å². The normalized spacial score (nSPS) is 11.1. The average molecular weight is 414 g/mol. The maximum Gasteiger partial charge on any atom is 0.339 e. The number of hydrogen-bond acceptors (Lipinski definition) is 7. The molecule has 29 heavy (non-hydrogen) atoms. The van der Waals surface area contributed by atoms with E-state index in [0.717, 1.165) is 17.7 Å². The van der Waals surface area contributed by atoms with Crippen molar-refractivity contribution in [2.45, 2.75) is 11.8 Å². The molecule has 3 aromatic rings. The Bertz CT molecular complexity index is 1160. The van der Waals surface area contributed by atoms with Crippen molar-refractivity contribution in [2.24, 2.45) is 0 Å². The Morgan fingerprint density at radius 3 is 1.79 bits per heavy atom. The summed E-state index contributed by atoms with van der Waals surface area (Å²) in [5.41, 5.74) is -0.189. The Hall–Kier alpha value is -3.79. The second-order valence-electron chi connectivity index (χ2n) is 6.07. The van der Waals surface area contributed by atoms with E-state index in [1.54, 1.807) is 37.3 Å². The number of nitro benzene ring substituents is 2. The van der Waals surface area contributed by atoms with Gasteiger partial charge >= 0.3 is 21.5 Å². The number of nitro groups is 2. The number of nitrogens with zero attached hydrogens (tertiary/aromatic N) is 2. The van der Waals surface area contributed by atoms with Crippen molar-refractivity contribution in [1.82, 2.24) is 0 Å². The molecule has 0 aliphatic carbocycles. The van der Waals surface area contributed by atoms with E-state index in [1.807, 2.05) is 0 Å². The molecule has 0 radical (unpaired) electrons. The summed E-state index contributed by atoms with van der Waals surface area (Å²) >= 11 is 0. The SMILES string of the molecule is Cc1ccc(S(=O)(=O)Oc2c([N+](=O)[O-])cc(-c3ccccc3)cc2[N+](=O)[O-])cc1. The fourth-order valence-electron chi connectivity index (χ4n) is 2.62. The highest BCUT2D eigenvalue weighted by Gasteiger charge is 2.33. The third-order valence-electron chi connectivity index (χ3n) is 4.05. The highest BCUT2D eigenvalue weighted by atomic mass is 32.2. The van der Waals surface area contributed by atoms with Gasteiger partial charge in [0.15, 0.2) is 0 Å². The molecule has 0 amide bonds. The summed E-state index contributed by atoms with van der Waals surface area (Å²) in [5.74, 6) is -0.944. The van der Waals surface area contributed by atoms with E-state index < -0.39 is 37.1 Å². The van der Waals surface area contributed by atoms with E-state index in [0.29, 0.717) is 5.56 Å². The Balaban J connectivity index is 2.18.